The summed E-state index contributed by atoms with van der Waals surface area (Å²) >= 11 is 6.18. The monoisotopic (exact) mass is 555 g/mol. The number of aliphatic hydroxyl groups excluding tert-OH is 1. The van der Waals surface area contributed by atoms with Gasteiger partial charge in [-0.1, -0.05) is 30.7 Å². The Morgan fingerprint density at radius 1 is 1.08 bits per heavy atom. The number of rotatable bonds is 4. The maximum atomic E-state index is 14.2. The average Bonchev–Trinajstić information content (AvgIpc) is 3.49. The van der Waals surface area contributed by atoms with E-state index in [1.807, 2.05) is 37.8 Å². The van der Waals surface area contributed by atoms with E-state index in [1.165, 1.54) is 6.33 Å². The number of aromatic nitrogens is 2. The topological polar surface area (TPSA) is 99.1 Å². The molecule has 1 aliphatic carbocycles. The number of aliphatic hydroxyl groups is 1. The molecule has 0 radical (unpaired) electrons. The Kier molecular flexibility index (Phi) is 7.75. The van der Waals surface area contributed by atoms with Crippen molar-refractivity contribution in [2.24, 2.45) is 0 Å². The van der Waals surface area contributed by atoms with Crippen LogP contribution in [0.25, 0.3) is 0 Å². The molecule has 5 rings (SSSR count). The number of likely N-dealkylation sites (tertiary alicyclic amines) is 1. The highest BCUT2D eigenvalue weighted by Gasteiger charge is 2.43. The van der Waals surface area contributed by atoms with Crippen molar-refractivity contribution >= 4 is 29.4 Å². The number of hydrogen-bond acceptors (Lipinski definition) is 7. The van der Waals surface area contributed by atoms with Crippen LogP contribution in [0.5, 0.6) is 0 Å². The Morgan fingerprint density at radius 3 is 2.44 bits per heavy atom. The van der Waals surface area contributed by atoms with Crippen molar-refractivity contribution in [2.45, 2.75) is 76.5 Å². The number of ether oxygens (including phenoxy) is 1. The van der Waals surface area contributed by atoms with E-state index in [2.05, 4.69) is 21.8 Å². The third-order valence-corrected chi connectivity index (χ3v) is 8.23. The van der Waals surface area contributed by atoms with Crippen LogP contribution in [0.4, 0.5) is 10.6 Å². The van der Waals surface area contributed by atoms with Gasteiger partial charge in [0.2, 0.25) is 5.91 Å². The fraction of sp³-hybridized carbons (Fsp3) is 0.586. The van der Waals surface area contributed by atoms with Crippen molar-refractivity contribution in [3.8, 4) is 0 Å². The second-order valence-electron chi connectivity index (χ2n) is 11.9. The van der Waals surface area contributed by atoms with E-state index in [-0.39, 0.29) is 24.0 Å². The molecule has 10 heteroatoms. The predicted molar refractivity (Wildman–Crippen MR) is 149 cm³/mol. The SMILES string of the molecule is C[C@@H]1C[C@H](O)c2ncnc(N3CCN(C(=O)[C@@H](c4ccc(Cl)cc4)[C@@H]4CCCN4C(=O)OC(C)(C)C)CC3)c21. The van der Waals surface area contributed by atoms with Gasteiger partial charge in [-0.3, -0.25) is 4.79 Å². The van der Waals surface area contributed by atoms with Gasteiger partial charge >= 0.3 is 6.09 Å². The van der Waals surface area contributed by atoms with Gasteiger partial charge in [0.15, 0.2) is 0 Å². The van der Waals surface area contributed by atoms with E-state index < -0.39 is 17.6 Å². The molecule has 2 aliphatic heterocycles. The van der Waals surface area contributed by atoms with E-state index in [1.54, 1.807) is 17.0 Å². The first-order chi connectivity index (χ1) is 18.5. The summed E-state index contributed by atoms with van der Waals surface area (Å²) in [6.07, 6.45) is 2.78. The largest absolute Gasteiger partial charge is 0.444 e. The maximum absolute atomic E-state index is 14.2. The maximum Gasteiger partial charge on any atom is 0.410 e. The highest BCUT2D eigenvalue weighted by atomic mass is 35.5. The molecule has 1 aromatic carbocycles. The molecular formula is C29H38ClN5O4. The zero-order chi connectivity index (χ0) is 27.9. The fourth-order valence-electron chi connectivity index (χ4n) is 6.18. The lowest BCUT2D eigenvalue weighted by molar-refractivity contribution is -0.134. The number of hydrogen-bond donors (Lipinski definition) is 1. The smallest absolute Gasteiger partial charge is 0.410 e. The Labute approximate surface area is 235 Å². The number of halogens is 1. The molecule has 1 N–H and O–H groups in total. The predicted octanol–water partition coefficient (Wildman–Crippen LogP) is 4.50. The van der Waals surface area contributed by atoms with Crippen LogP contribution >= 0.6 is 11.6 Å². The number of anilines is 1. The number of nitrogens with zero attached hydrogens (tertiary/aromatic N) is 5. The first-order valence-corrected chi connectivity index (χ1v) is 14.2. The highest BCUT2D eigenvalue weighted by molar-refractivity contribution is 6.30. The van der Waals surface area contributed by atoms with E-state index in [0.717, 1.165) is 35.5 Å². The molecule has 2 fully saturated rings. The highest BCUT2D eigenvalue weighted by Crippen LogP contribution is 2.43. The number of fused-ring (bicyclic) bond motifs is 1. The van der Waals surface area contributed by atoms with Crippen LogP contribution < -0.4 is 4.90 Å². The summed E-state index contributed by atoms with van der Waals surface area (Å²) < 4.78 is 5.70. The summed E-state index contributed by atoms with van der Waals surface area (Å²) in [6.45, 7) is 10.6. The van der Waals surface area contributed by atoms with Crippen LogP contribution in [0.15, 0.2) is 30.6 Å². The molecule has 2 saturated heterocycles. The zero-order valence-corrected chi connectivity index (χ0v) is 23.9. The van der Waals surface area contributed by atoms with Gasteiger partial charge < -0.3 is 24.5 Å². The van der Waals surface area contributed by atoms with Gasteiger partial charge in [-0.15, -0.1) is 0 Å². The average molecular weight is 556 g/mol. The minimum atomic E-state index is -0.616. The second-order valence-corrected chi connectivity index (χ2v) is 12.3. The number of benzene rings is 1. The van der Waals surface area contributed by atoms with E-state index in [9.17, 15) is 14.7 Å². The second kappa shape index (κ2) is 10.9. The lowest BCUT2D eigenvalue weighted by Gasteiger charge is -2.40. The van der Waals surface area contributed by atoms with Crippen molar-refractivity contribution in [1.82, 2.24) is 19.8 Å². The molecule has 4 atom stereocenters. The van der Waals surface area contributed by atoms with Crippen molar-refractivity contribution < 1.29 is 19.4 Å². The quantitative estimate of drug-likeness (QED) is 0.593. The third-order valence-electron chi connectivity index (χ3n) is 7.98. The molecule has 0 spiro atoms. The van der Waals surface area contributed by atoms with Gasteiger partial charge in [0, 0.05) is 43.3 Å². The number of carbonyl (C=O) groups excluding carboxylic acids is 2. The molecule has 1 aromatic heterocycles. The van der Waals surface area contributed by atoms with Crippen molar-refractivity contribution in [3.05, 3.63) is 52.4 Å². The van der Waals surface area contributed by atoms with Crippen LogP contribution in [0.3, 0.4) is 0 Å². The summed E-state index contributed by atoms with van der Waals surface area (Å²) in [6, 6.07) is 7.09. The molecule has 0 bridgehead atoms. The Balaban J connectivity index is 1.36. The Morgan fingerprint density at radius 2 is 1.77 bits per heavy atom. The first kappa shape index (κ1) is 27.6. The van der Waals surface area contributed by atoms with Gasteiger partial charge in [0.25, 0.3) is 0 Å². The molecular weight excluding hydrogens is 518 g/mol. The van der Waals surface area contributed by atoms with Gasteiger partial charge in [0.1, 0.15) is 17.7 Å². The molecule has 210 valence electrons. The summed E-state index contributed by atoms with van der Waals surface area (Å²) in [4.78, 5) is 42.0. The van der Waals surface area contributed by atoms with Crippen molar-refractivity contribution in [3.63, 3.8) is 0 Å². The number of carbonyl (C=O) groups is 2. The first-order valence-electron chi connectivity index (χ1n) is 13.8. The lowest BCUT2D eigenvalue weighted by Crippen LogP contribution is -2.53. The molecule has 2 amide bonds. The normalized spacial score (nSPS) is 24.1. The zero-order valence-electron chi connectivity index (χ0n) is 23.1. The molecule has 0 saturated carbocycles. The number of amides is 2. The summed E-state index contributed by atoms with van der Waals surface area (Å²) in [7, 11) is 0. The lowest BCUT2D eigenvalue weighted by atomic mass is 9.88. The molecule has 3 heterocycles. The molecule has 9 nitrogen and oxygen atoms in total. The van der Waals surface area contributed by atoms with Crippen LogP contribution in [0.2, 0.25) is 5.02 Å². The van der Waals surface area contributed by atoms with Gasteiger partial charge in [-0.05, 0) is 63.6 Å². The molecule has 0 unspecified atom stereocenters. The Hall–Kier alpha value is -2.91. The van der Waals surface area contributed by atoms with Crippen molar-refractivity contribution in [1.29, 1.82) is 0 Å². The molecule has 3 aliphatic rings. The third kappa shape index (κ3) is 5.70. The summed E-state index contributed by atoms with van der Waals surface area (Å²) in [5.41, 5.74) is 1.97. The standard InChI is InChI=1S/C29H38ClN5O4/c1-18-16-22(36)25-23(18)26(32-17-31-25)33-12-14-34(15-13-33)27(37)24(19-7-9-20(30)10-8-19)21-6-5-11-35(21)28(38)39-29(2,3)4/h7-10,17-18,21-22,24,36H,5-6,11-16H2,1-4H3/t18-,21+,22+,24+/m1/s1. The van der Waals surface area contributed by atoms with Crippen LogP contribution in [0.1, 0.15) is 81.7 Å². The minimum absolute atomic E-state index is 0.00846. The van der Waals surface area contributed by atoms with E-state index >= 15 is 0 Å². The van der Waals surface area contributed by atoms with E-state index in [0.29, 0.717) is 44.2 Å². The molecule has 39 heavy (non-hydrogen) atoms. The van der Waals surface area contributed by atoms with E-state index in [4.69, 9.17) is 16.3 Å². The van der Waals surface area contributed by atoms with Gasteiger partial charge in [0.05, 0.1) is 23.8 Å². The summed E-state index contributed by atoms with van der Waals surface area (Å²) in [5, 5.41) is 11.0. The van der Waals surface area contributed by atoms with Crippen LogP contribution in [-0.2, 0) is 9.53 Å². The van der Waals surface area contributed by atoms with Crippen LogP contribution in [0, 0.1) is 0 Å². The van der Waals surface area contributed by atoms with Gasteiger partial charge in [-0.25, -0.2) is 14.8 Å². The fourth-order valence-corrected chi connectivity index (χ4v) is 6.30. The van der Waals surface area contributed by atoms with Crippen molar-refractivity contribution in [2.75, 3.05) is 37.6 Å². The van der Waals surface area contributed by atoms with Crippen LogP contribution in [-0.4, -0.2) is 81.2 Å². The molecule has 2 aromatic rings. The summed E-state index contributed by atoms with van der Waals surface area (Å²) in [5.74, 6) is 0.537. The Bertz CT molecular complexity index is 1210. The number of piperazine rings is 1. The van der Waals surface area contributed by atoms with Gasteiger partial charge in [-0.2, -0.15) is 0 Å². The minimum Gasteiger partial charge on any atom is -0.444 e.